The van der Waals surface area contributed by atoms with Gasteiger partial charge in [-0.3, -0.25) is 9.52 Å². The molecule has 1 aliphatic heterocycles. The van der Waals surface area contributed by atoms with Crippen LogP contribution in [0, 0.1) is 6.92 Å². The zero-order chi connectivity index (χ0) is 19.4. The highest BCUT2D eigenvalue weighted by atomic mass is 32.2. The minimum atomic E-state index is -3.70. The van der Waals surface area contributed by atoms with Crippen LogP contribution in [0.25, 0.3) is 0 Å². The van der Waals surface area contributed by atoms with Crippen molar-refractivity contribution in [1.82, 2.24) is 9.80 Å². The summed E-state index contributed by atoms with van der Waals surface area (Å²) in [6.45, 7) is 5.07. The largest absolute Gasteiger partial charge is 0.337 e. The minimum Gasteiger partial charge on any atom is -0.337 e. The highest BCUT2D eigenvalue weighted by molar-refractivity contribution is 7.92. The second-order valence-electron chi connectivity index (χ2n) is 6.89. The lowest BCUT2D eigenvalue weighted by atomic mass is 10.2. The third-order valence-corrected chi connectivity index (χ3v) is 6.19. The van der Waals surface area contributed by atoms with Gasteiger partial charge in [-0.1, -0.05) is 18.2 Å². The SMILES string of the molecule is Cc1ccccc1NS(=O)(=O)c1ccc(C(=O)N2CCCN(C)CC2)cc1. The maximum atomic E-state index is 12.7. The number of nitrogens with zero attached hydrogens (tertiary/aromatic N) is 2. The van der Waals surface area contributed by atoms with Crippen molar-refractivity contribution in [3.05, 3.63) is 59.7 Å². The van der Waals surface area contributed by atoms with Crippen molar-refractivity contribution >= 4 is 21.6 Å². The molecule has 0 bridgehead atoms. The summed E-state index contributed by atoms with van der Waals surface area (Å²) in [7, 11) is -1.65. The Morgan fingerprint density at radius 1 is 0.963 bits per heavy atom. The van der Waals surface area contributed by atoms with Gasteiger partial charge in [-0.2, -0.15) is 0 Å². The summed E-state index contributed by atoms with van der Waals surface area (Å²) in [6, 6.07) is 13.3. The van der Waals surface area contributed by atoms with Gasteiger partial charge in [-0.05, 0) is 62.8 Å². The first-order valence-corrected chi connectivity index (χ1v) is 10.5. The van der Waals surface area contributed by atoms with Gasteiger partial charge in [-0.15, -0.1) is 0 Å². The van der Waals surface area contributed by atoms with Crippen molar-refractivity contribution in [3.63, 3.8) is 0 Å². The summed E-state index contributed by atoms with van der Waals surface area (Å²) < 4.78 is 27.8. The summed E-state index contributed by atoms with van der Waals surface area (Å²) in [5, 5.41) is 0. The Labute approximate surface area is 160 Å². The fraction of sp³-hybridized carbons (Fsp3) is 0.350. The molecular formula is C20H25N3O3S. The van der Waals surface area contributed by atoms with E-state index in [9.17, 15) is 13.2 Å². The second-order valence-corrected chi connectivity index (χ2v) is 8.58. The first-order valence-electron chi connectivity index (χ1n) is 9.03. The first kappa shape index (κ1) is 19.4. The number of carbonyl (C=O) groups excluding carboxylic acids is 1. The average molecular weight is 388 g/mol. The molecule has 0 unspecified atom stereocenters. The van der Waals surface area contributed by atoms with Crippen molar-refractivity contribution < 1.29 is 13.2 Å². The quantitative estimate of drug-likeness (QED) is 0.875. The second kappa shape index (κ2) is 8.10. The van der Waals surface area contributed by atoms with Gasteiger partial charge < -0.3 is 9.80 Å². The lowest BCUT2D eigenvalue weighted by molar-refractivity contribution is 0.0762. The maximum absolute atomic E-state index is 12.7. The molecule has 0 aromatic heterocycles. The van der Waals surface area contributed by atoms with Crippen LogP contribution in [0.3, 0.4) is 0 Å². The predicted octanol–water partition coefficient (Wildman–Crippen LogP) is 2.57. The monoisotopic (exact) mass is 387 g/mol. The van der Waals surface area contributed by atoms with Gasteiger partial charge >= 0.3 is 0 Å². The molecule has 0 saturated carbocycles. The number of hydrogen-bond acceptors (Lipinski definition) is 4. The van der Waals surface area contributed by atoms with Crippen LogP contribution in [0.5, 0.6) is 0 Å². The molecule has 1 saturated heterocycles. The molecule has 2 aromatic carbocycles. The predicted molar refractivity (Wildman–Crippen MR) is 106 cm³/mol. The maximum Gasteiger partial charge on any atom is 0.261 e. The van der Waals surface area contributed by atoms with Crippen LogP contribution in [0.4, 0.5) is 5.69 Å². The van der Waals surface area contributed by atoms with Crippen molar-refractivity contribution in [2.45, 2.75) is 18.2 Å². The van der Waals surface area contributed by atoms with Gasteiger partial charge in [0.2, 0.25) is 0 Å². The van der Waals surface area contributed by atoms with Gasteiger partial charge in [0.05, 0.1) is 10.6 Å². The molecule has 1 N–H and O–H groups in total. The normalized spacial score (nSPS) is 16.0. The number of carbonyl (C=O) groups is 1. The highest BCUT2D eigenvalue weighted by Gasteiger charge is 2.20. The molecule has 1 fully saturated rings. The molecule has 0 aliphatic carbocycles. The van der Waals surface area contributed by atoms with E-state index in [0.717, 1.165) is 31.6 Å². The molecule has 6 nitrogen and oxygen atoms in total. The number of nitrogens with one attached hydrogen (secondary N) is 1. The summed E-state index contributed by atoms with van der Waals surface area (Å²) in [4.78, 5) is 16.9. The number of para-hydroxylation sites is 1. The lowest BCUT2D eigenvalue weighted by Gasteiger charge is -2.20. The number of sulfonamides is 1. The van der Waals surface area contributed by atoms with Gasteiger partial charge in [0.1, 0.15) is 0 Å². The Kier molecular flexibility index (Phi) is 5.82. The Morgan fingerprint density at radius 3 is 2.37 bits per heavy atom. The number of hydrogen-bond donors (Lipinski definition) is 1. The topological polar surface area (TPSA) is 69.7 Å². The van der Waals surface area contributed by atoms with Gasteiger partial charge in [0.15, 0.2) is 0 Å². The molecule has 3 rings (SSSR count). The molecule has 27 heavy (non-hydrogen) atoms. The molecule has 0 atom stereocenters. The Bertz CT molecular complexity index is 910. The van der Waals surface area contributed by atoms with Crippen molar-refractivity contribution in [3.8, 4) is 0 Å². The molecular weight excluding hydrogens is 362 g/mol. The molecule has 0 radical (unpaired) electrons. The van der Waals surface area contributed by atoms with Crippen LogP contribution >= 0.6 is 0 Å². The number of anilines is 1. The molecule has 1 aliphatic rings. The summed E-state index contributed by atoms with van der Waals surface area (Å²) in [5.74, 6) is -0.0545. The van der Waals surface area contributed by atoms with E-state index in [4.69, 9.17) is 0 Å². The van der Waals surface area contributed by atoms with Crippen molar-refractivity contribution in [2.24, 2.45) is 0 Å². The van der Waals surface area contributed by atoms with Crippen LogP contribution < -0.4 is 4.72 Å². The fourth-order valence-electron chi connectivity index (χ4n) is 3.10. The van der Waals surface area contributed by atoms with Crippen LogP contribution in [0.2, 0.25) is 0 Å². The number of amides is 1. The van der Waals surface area contributed by atoms with Crippen LogP contribution in [0.15, 0.2) is 53.4 Å². The van der Waals surface area contributed by atoms with E-state index in [1.165, 1.54) is 12.1 Å². The van der Waals surface area contributed by atoms with E-state index in [0.29, 0.717) is 17.8 Å². The molecule has 1 amide bonds. The van der Waals surface area contributed by atoms with E-state index < -0.39 is 10.0 Å². The van der Waals surface area contributed by atoms with Gasteiger partial charge in [0.25, 0.3) is 15.9 Å². The number of aryl methyl sites for hydroxylation is 1. The smallest absolute Gasteiger partial charge is 0.261 e. The molecule has 2 aromatic rings. The Balaban J connectivity index is 1.74. The standard InChI is InChI=1S/C20H25N3O3S/c1-16-6-3-4-7-19(16)21-27(25,26)18-10-8-17(9-11-18)20(24)23-13-5-12-22(2)14-15-23/h3-4,6-11,21H,5,12-15H2,1-2H3. The van der Waals surface area contributed by atoms with Crippen LogP contribution in [0.1, 0.15) is 22.3 Å². The average Bonchev–Trinajstić information content (AvgIpc) is 2.87. The number of benzene rings is 2. The Morgan fingerprint density at radius 2 is 1.67 bits per heavy atom. The number of likely N-dealkylation sites (N-methyl/N-ethyl adjacent to an activating group) is 1. The summed E-state index contributed by atoms with van der Waals surface area (Å²) >= 11 is 0. The van der Waals surface area contributed by atoms with Crippen molar-refractivity contribution in [2.75, 3.05) is 37.9 Å². The van der Waals surface area contributed by atoms with Gasteiger partial charge in [0, 0.05) is 25.2 Å². The van der Waals surface area contributed by atoms with E-state index >= 15 is 0 Å². The van der Waals surface area contributed by atoms with Crippen LogP contribution in [-0.4, -0.2) is 57.4 Å². The molecule has 0 spiro atoms. The van der Waals surface area contributed by atoms with E-state index in [2.05, 4.69) is 16.7 Å². The Hall–Kier alpha value is -2.38. The zero-order valence-electron chi connectivity index (χ0n) is 15.7. The minimum absolute atomic E-state index is 0.0545. The number of rotatable bonds is 4. The van der Waals surface area contributed by atoms with Crippen LogP contribution in [-0.2, 0) is 10.0 Å². The first-order chi connectivity index (χ1) is 12.9. The lowest BCUT2D eigenvalue weighted by Crippen LogP contribution is -2.34. The summed E-state index contributed by atoms with van der Waals surface area (Å²) in [6.07, 6.45) is 0.940. The van der Waals surface area contributed by atoms with E-state index in [1.807, 2.05) is 24.0 Å². The van der Waals surface area contributed by atoms with E-state index in [1.54, 1.807) is 24.3 Å². The third kappa shape index (κ3) is 4.67. The molecule has 1 heterocycles. The van der Waals surface area contributed by atoms with E-state index in [-0.39, 0.29) is 10.8 Å². The fourth-order valence-corrected chi connectivity index (χ4v) is 4.23. The van der Waals surface area contributed by atoms with Gasteiger partial charge in [-0.25, -0.2) is 8.42 Å². The zero-order valence-corrected chi connectivity index (χ0v) is 16.5. The van der Waals surface area contributed by atoms with Crippen molar-refractivity contribution in [1.29, 1.82) is 0 Å². The highest BCUT2D eigenvalue weighted by Crippen LogP contribution is 2.20. The summed E-state index contributed by atoms with van der Waals surface area (Å²) in [5.41, 5.74) is 1.90. The third-order valence-electron chi connectivity index (χ3n) is 4.81. The molecule has 7 heteroatoms. The molecule has 144 valence electrons.